The molecule has 1 aromatic heterocycles. The van der Waals surface area contributed by atoms with E-state index in [1.165, 1.54) is 5.69 Å². The third-order valence-electron chi connectivity index (χ3n) is 5.33. The molecule has 0 bridgehead atoms. The van der Waals surface area contributed by atoms with Crippen molar-refractivity contribution in [3.63, 3.8) is 0 Å². The number of nitrogens with one attached hydrogen (secondary N) is 2. The fraction of sp³-hybridized carbons (Fsp3) is 0.421. The van der Waals surface area contributed by atoms with Crippen molar-refractivity contribution in [2.45, 2.75) is 25.3 Å². The number of urea groups is 1. The molecule has 2 aromatic rings. The highest BCUT2D eigenvalue weighted by atomic mass is 16.2. The minimum absolute atomic E-state index is 0.230. The first-order chi connectivity index (χ1) is 12.7. The van der Waals surface area contributed by atoms with E-state index in [9.17, 15) is 9.59 Å². The number of fused-ring (bicyclic) bond motifs is 1. The molecule has 0 saturated carbocycles. The van der Waals surface area contributed by atoms with Crippen LogP contribution in [0.4, 0.5) is 16.2 Å². The van der Waals surface area contributed by atoms with E-state index in [2.05, 4.69) is 38.7 Å². The Morgan fingerprint density at radius 3 is 2.69 bits per heavy atom. The molecule has 3 heterocycles. The molecule has 1 aromatic carbocycles. The van der Waals surface area contributed by atoms with E-state index >= 15 is 0 Å². The van der Waals surface area contributed by atoms with Crippen LogP contribution in [0.3, 0.4) is 0 Å². The molecule has 4 rings (SSSR count). The minimum Gasteiger partial charge on any atom is -0.371 e. The van der Waals surface area contributed by atoms with E-state index in [0.29, 0.717) is 19.0 Å². The highest BCUT2D eigenvalue weighted by Gasteiger charge is 2.26. The van der Waals surface area contributed by atoms with Crippen LogP contribution in [-0.2, 0) is 4.79 Å². The average Bonchev–Trinajstić information content (AvgIpc) is 2.67. The number of nitrogens with zero attached hydrogens (tertiary/aromatic N) is 3. The molecule has 0 aliphatic carbocycles. The maximum absolute atomic E-state index is 12.2. The molecule has 2 N–H and O–H groups in total. The molecule has 2 aliphatic rings. The standard InChI is InChI=1S/C19H23N5O2/c1-20-14-4-7-23(8-5-14)15-2-3-16-13(10-15)11-21-12-17(16)24-9-6-18(25)22-19(24)26/h2-3,10-12,14,20H,4-9H2,1H3,(H,22,25,26). The van der Waals surface area contributed by atoms with Crippen molar-refractivity contribution in [2.75, 3.05) is 36.5 Å². The normalized spacial score (nSPS) is 19.1. The van der Waals surface area contributed by atoms with Gasteiger partial charge in [-0.3, -0.25) is 20.0 Å². The lowest BCUT2D eigenvalue weighted by Gasteiger charge is -2.33. The Hall–Kier alpha value is -2.67. The van der Waals surface area contributed by atoms with Crippen molar-refractivity contribution in [3.8, 4) is 0 Å². The molecule has 2 aliphatic heterocycles. The molecule has 2 fully saturated rings. The number of hydrogen-bond donors (Lipinski definition) is 2. The number of hydrogen-bond acceptors (Lipinski definition) is 5. The van der Waals surface area contributed by atoms with Gasteiger partial charge in [0.15, 0.2) is 0 Å². The quantitative estimate of drug-likeness (QED) is 0.881. The Bertz CT molecular complexity index is 845. The topological polar surface area (TPSA) is 77.6 Å². The summed E-state index contributed by atoms with van der Waals surface area (Å²) in [4.78, 5) is 31.9. The number of carbonyl (C=O) groups excluding carboxylic acids is 2. The van der Waals surface area contributed by atoms with Crippen LogP contribution in [0, 0.1) is 0 Å². The zero-order chi connectivity index (χ0) is 18.1. The zero-order valence-electron chi connectivity index (χ0n) is 14.9. The number of piperidine rings is 1. The van der Waals surface area contributed by atoms with E-state index in [4.69, 9.17) is 0 Å². The van der Waals surface area contributed by atoms with Crippen LogP contribution < -0.4 is 20.4 Å². The van der Waals surface area contributed by atoms with Crippen molar-refractivity contribution in [3.05, 3.63) is 30.6 Å². The predicted octanol–water partition coefficient (Wildman–Crippen LogP) is 1.87. The number of anilines is 2. The van der Waals surface area contributed by atoms with Crippen molar-refractivity contribution in [1.82, 2.24) is 15.6 Å². The lowest BCUT2D eigenvalue weighted by atomic mass is 10.0. The lowest BCUT2D eigenvalue weighted by Crippen LogP contribution is -2.49. The maximum atomic E-state index is 12.2. The lowest BCUT2D eigenvalue weighted by molar-refractivity contribution is -0.120. The van der Waals surface area contributed by atoms with Gasteiger partial charge < -0.3 is 10.2 Å². The number of aromatic nitrogens is 1. The number of benzene rings is 1. The molecule has 7 heteroatoms. The Morgan fingerprint density at radius 2 is 1.96 bits per heavy atom. The smallest absolute Gasteiger partial charge is 0.328 e. The monoisotopic (exact) mass is 353 g/mol. The second-order valence-electron chi connectivity index (χ2n) is 6.87. The first-order valence-electron chi connectivity index (χ1n) is 9.07. The largest absolute Gasteiger partial charge is 0.371 e. The van der Waals surface area contributed by atoms with E-state index in [-0.39, 0.29) is 11.9 Å². The molecule has 3 amide bonds. The summed E-state index contributed by atoms with van der Waals surface area (Å²) in [5.74, 6) is -0.230. The van der Waals surface area contributed by atoms with Crippen molar-refractivity contribution in [2.24, 2.45) is 0 Å². The number of amides is 3. The zero-order valence-corrected chi connectivity index (χ0v) is 14.9. The molecule has 26 heavy (non-hydrogen) atoms. The van der Waals surface area contributed by atoms with Crippen LogP contribution in [0.25, 0.3) is 10.8 Å². The second kappa shape index (κ2) is 6.92. The number of imide groups is 1. The summed E-state index contributed by atoms with van der Waals surface area (Å²) < 4.78 is 0. The molecule has 0 atom stereocenters. The van der Waals surface area contributed by atoms with Gasteiger partial charge >= 0.3 is 6.03 Å². The van der Waals surface area contributed by atoms with Crippen LogP contribution >= 0.6 is 0 Å². The Balaban J connectivity index is 1.62. The van der Waals surface area contributed by atoms with Crippen molar-refractivity contribution in [1.29, 1.82) is 0 Å². The van der Waals surface area contributed by atoms with Crippen molar-refractivity contribution < 1.29 is 9.59 Å². The van der Waals surface area contributed by atoms with Gasteiger partial charge in [0.05, 0.1) is 11.9 Å². The van der Waals surface area contributed by atoms with Gasteiger partial charge in [-0.25, -0.2) is 4.79 Å². The molecule has 2 saturated heterocycles. The number of rotatable bonds is 3. The summed E-state index contributed by atoms with van der Waals surface area (Å²) in [5.41, 5.74) is 1.93. The van der Waals surface area contributed by atoms with Gasteiger partial charge in [0.25, 0.3) is 0 Å². The van der Waals surface area contributed by atoms with Crippen LogP contribution in [0.15, 0.2) is 30.6 Å². The predicted molar refractivity (Wildman–Crippen MR) is 102 cm³/mol. The van der Waals surface area contributed by atoms with Crippen molar-refractivity contribution >= 4 is 34.1 Å². The molecular weight excluding hydrogens is 330 g/mol. The van der Waals surface area contributed by atoms with E-state index in [1.54, 1.807) is 11.1 Å². The third kappa shape index (κ3) is 3.10. The van der Waals surface area contributed by atoms with Gasteiger partial charge in [-0.2, -0.15) is 0 Å². The summed E-state index contributed by atoms with van der Waals surface area (Å²) in [7, 11) is 2.02. The van der Waals surface area contributed by atoms with Gasteiger partial charge in [0, 0.05) is 54.8 Å². The van der Waals surface area contributed by atoms with E-state index in [0.717, 1.165) is 42.4 Å². The fourth-order valence-corrected chi connectivity index (χ4v) is 3.78. The molecular formula is C19H23N5O2. The van der Waals surface area contributed by atoms with Gasteiger partial charge in [-0.1, -0.05) is 6.07 Å². The average molecular weight is 353 g/mol. The summed E-state index contributed by atoms with van der Waals surface area (Å²) in [6.07, 6.45) is 6.09. The molecule has 7 nitrogen and oxygen atoms in total. The highest BCUT2D eigenvalue weighted by molar-refractivity contribution is 6.09. The SMILES string of the molecule is CNC1CCN(c2ccc3c(N4CCC(=O)NC4=O)cncc3c2)CC1. The number of carbonyl (C=O) groups is 2. The summed E-state index contributed by atoms with van der Waals surface area (Å²) in [5, 5.41) is 7.70. The van der Waals surface area contributed by atoms with E-state index < -0.39 is 0 Å². The third-order valence-corrected chi connectivity index (χ3v) is 5.33. The van der Waals surface area contributed by atoms with Crippen LogP contribution in [-0.4, -0.2) is 49.6 Å². The molecule has 0 radical (unpaired) electrons. The fourth-order valence-electron chi connectivity index (χ4n) is 3.78. The van der Waals surface area contributed by atoms with Crippen LogP contribution in [0.5, 0.6) is 0 Å². The van der Waals surface area contributed by atoms with Crippen LogP contribution in [0.1, 0.15) is 19.3 Å². The van der Waals surface area contributed by atoms with Gasteiger partial charge in [-0.05, 0) is 32.0 Å². The molecule has 0 spiro atoms. The van der Waals surface area contributed by atoms with E-state index in [1.807, 2.05) is 13.2 Å². The Labute approximate surface area is 152 Å². The minimum atomic E-state index is -0.381. The molecule has 136 valence electrons. The van der Waals surface area contributed by atoms with Gasteiger partial charge in [-0.15, -0.1) is 0 Å². The van der Waals surface area contributed by atoms with Gasteiger partial charge in [0.2, 0.25) is 5.91 Å². The number of pyridine rings is 1. The highest BCUT2D eigenvalue weighted by Crippen LogP contribution is 2.31. The summed E-state index contributed by atoms with van der Waals surface area (Å²) >= 11 is 0. The molecule has 0 unspecified atom stereocenters. The first-order valence-corrected chi connectivity index (χ1v) is 9.07. The summed E-state index contributed by atoms with van der Waals surface area (Å²) in [6, 6.07) is 6.51. The van der Waals surface area contributed by atoms with Crippen LogP contribution in [0.2, 0.25) is 0 Å². The maximum Gasteiger partial charge on any atom is 0.328 e. The van der Waals surface area contributed by atoms with Gasteiger partial charge in [0.1, 0.15) is 0 Å². The first kappa shape index (κ1) is 16.8. The summed E-state index contributed by atoms with van der Waals surface area (Å²) in [6.45, 7) is 2.44. The second-order valence-corrected chi connectivity index (χ2v) is 6.87. The Kier molecular flexibility index (Phi) is 4.46. The Morgan fingerprint density at radius 1 is 1.15 bits per heavy atom.